The third-order valence-electron chi connectivity index (χ3n) is 14.2. The Labute approximate surface area is 395 Å². The van der Waals surface area contributed by atoms with Gasteiger partial charge in [0.15, 0.2) is 11.6 Å². The summed E-state index contributed by atoms with van der Waals surface area (Å²) in [6.45, 7) is 3.98. The molecule has 5 aliphatic heterocycles. The van der Waals surface area contributed by atoms with Crippen molar-refractivity contribution < 1.29 is 40.7 Å². The Morgan fingerprint density at radius 3 is 2.33 bits per heavy atom. The lowest BCUT2D eigenvalue weighted by Crippen LogP contribution is -2.52. The fraction of sp³-hybridized carbons (Fsp3) is 0.388. The number of hydrogen-bond donors (Lipinski definition) is 2. The lowest BCUT2D eigenvalue weighted by atomic mass is 9.86. The van der Waals surface area contributed by atoms with Crippen molar-refractivity contribution in [1.82, 2.24) is 29.0 Å². The van der Waals surface area contributed by atoms with Gasteiger partial charge in [0.2, 0.25) is 11.8 Å². The van der Waals surface area contributed by atoms with Crippen LogP contribution in [-0.2, 0) is 26.3 Å². The van der Waals surface area contributed by atoms with Crippen LogP contribution in [0.4, 0.5) is 24.5 Å². The maximum atomic E-state index is 16.0. The van der Waals surface area contributed by atoms with Crippen molar-refractivity contribution >= 4 is 50.2 Å². The first-order valence-electron chi connectivity index (χ1n) is 23.1. The van der Waals surface area contributed by atoms with Crippen LogP contribution in [0.5, 0.6) is 11.5 Å². The van der Waals surface area contributed by atoms with E-state index >= 15 is 8.78 Å². The molecule has 0 bridgehead atoms. The van der Waals surface area contributed by atoms with Crippen LogP contribution in [-0.4, -0.2) is 108 Å². The van der Waals surface area contributed by atoms with Crippen LogP contribution in [0.15, 0.2) is 77.9 Å². The van der Waals surface area contributed by atoms with Gasteiger partial charge in [0.1, 0.15) is 41.7 Å². The van der Waals surface area contributed by atoms with Crippen LogP contribution in [0.2, 0.25) is 0 Å². The summed E-state index contributed by atoms with van der Waals surface area (Å²) < 4.78 is 81.2. The Bertz CT molecular complexity index is 3100. The quantitative estimate of drug-likeness (QED) is 0.150. The number of carbonyl (C=O) groups is 3. The topological polar surface area (TPSA) is 190 Å². The van der Waals surface area contributed by atoms with Gasteiger partial charge in [-0.2, -0.15) is 18.0 Å². The number of piperidine rings is 3. The molecule has 358 valence electrons. The molecule has 1 unspecified atom stereocenters. The second kappa shape index (κ2) is 18.6. The molecule has 4 saturated heterocycles. The van der Waals surface area contributed by atoms with Gasteiger partial charge in [-0.25, -0.2) is 18.2 Å². The monoisotopic (exact) mass is 963 g/mol. The molecule has 0 radical (unpaired) electrons. The number of alkyl halides is 1. The van der Waals surface area contributed by atoms with E-state index in [1.807, 2.05) is 24.3 Å². The van der Waals surface area contributed by atoms with E-state index in [2.05, 4.69) is 24.8 Å². The number of fused-ring (bicyclic) bond motifs is 2. The summed E-state index contributed by atoms with van der Waals surface area (Å²) in [5, 5.41) is 12.4. The molecule has 5 aromatic rings. The number of carbonyl (C=O) groups excluding carboxylic acids is 3. The van der Waals surface area contributed by atoms with Gasteiger partial charge in [0.25, 0.3) is 11.5 Å². The normalized spacial score (nSPS) is 20.9. The molecule has 4 aromatic carbocycles. The molecule has 3 amide bonds. The molecule has 69 heavy (non-hydrogen) atoms. The molecule has 20 heteroatoms. The summed E-state index contributed by atoms with van der Waals surface area (Å²) >= 11 is 0. The molecule has 2 N–H and O–H groups in total. The average Bonchev–Trinajstić information content (AvgIpc) is 3.94. The van der Waals surface area contributed by atoms with Crippen molar-refractivity contribution in [3.05, 3.63) is 117 Å². The second-order valence-electron chi connectivity index (χ2n) is 18.4. The van der Waals surface area contributed by atoms with Crippen molar-refractivity contribution in [1.29, 1.82) is 5.26 Å². The number of ether oxygens (including phenoxy) is 1. The predicted molar refractivity (Wildman–Crippen MR) is 248 cm³/mol. The van der Waals surface area contributed by atoms with Gasteiger partial charge >= 0.3 is 10.2 Å². The number of nitriles is 1. The fourth-order valence-electron chi connectivity index (χ4n) is 10.4. The van der Waals surface area contributed by atoms with Gasteiger partial charge in [-0.15, -0.1) is 0 Å². The van der Waals surface area contributed by atoms with E-state index in [0.29, 0.717) is 28.2 Å². The van der Waals surface area contributed by atoms with Gasteiger partial charge in [0.05, 0.1) is 28.8 Å². The van der Waals surface area contributed by atoms with Crippen molar-refractivity contribution in [3.8, 4) is 23.3 Å². The Morgan fingerprint density at radius 1 is 0.870 bits per heavy atom. The number of benzene rings is 4. The lowest BCUT2D eigenvalue weighted by molar-refractivity contribution is -0.136. The summed E-state index contributed by atoms with van der Waals surface area (Å²) in [4.78, 5) is 61.8. The number of aromatic nitrogens is 2. The smallest absolute Gasteiger partial charge is 0.301 e. The summed E-state index contributed by atoms with van der Waals surface area (Å²) in [5.74, 6) is -2.60. The zero-order valence-electron chi connectivity index (χ0n) is 37.4. The summed E-state index contributed by atoms with van der Waals surface area (Å²) in [6.07, 6.45) is 4.10. The van der Waals surface area contributed by atoms with Gasteiger partial charge in [-0.3, -0.25) is 33.8 Å². The standard InChI is InChI=1S/C49H48F3N9O7S/c50-31-17-22-59(26-31)69(66,67)56-42-10-8-40(51)46(38(42)24-53)68-34-5-9-41-37(23-34)49(65)61(28-54-41)33-3-1-32(2-4-33)58-20-13-29(14-21-58)25-57-18-15-30(16-19-57)35-6-7-36-39(45(35)52)27-60(48(36)64)43-11-12-44(62)55-47(43)63/h1-10,23,28-31,43,56H,11-22,25-27H2,(H,55,62,63)/t31-,43?/m1/s1. The highest BCUT2D eigenvalue weighted by molar-refractivity contribution is 7.90. The maximum Gasteiger partial charge on any atom is 0.301 e. The molecular weight excluding hydrogens is 916 g/mol. The summed E-state index contributed by atoms with van der Waals surface area (Å²) in [6, 6.07) is 18.4. The van der Waals surface area contributed by atoms with Crippen LogP contribution in [0.25, 0.3) is 16.6 Å². The van der Waals surface area contributed by atoms with Crippen molar-refractivity contribution in [2.45, 2.75) is 69.6 Å². The van der Waals surface area contributed by atoms with Gasteiger partial charge in [0, 0.05) is 56.0 Å². The number of likely N-dealkylation sites (tertiary alicyclic amines) is 1. The number of nitrogens with zero attached hydrogens (tertiary/aromatic N) is 7. The number of rotatable bonds is 11. The van der Waals surface area contributed by atoms with Crippen molar-refractivity contribution in [2.24, 2.45) is 5.92 Å². The molecule has 10 rings (SSSR count). The number of nitrogens with one attached hydrogen (secondary N) is 2. The van der Waals surface area contributed by atoms with Crippen LogP contribution >= 0.6 is 0 Å². The molecule has 0 aliphatic carbocycles. The number of imide groups is 1. The average molecular weight is 964 g/mol. The van der Waals surface area contributed by atoms with E-state index in [0.717, 1.165) is 80.5 Å². The van der Waals surface area contributed by atoms with Crippen LogP contribution in [0.1, 0.15) is 77.9 Å². The minimum Gasteiger partial charge on any atom is -0.453 e. The maximum absolute atomic E-state index is 16.0. The first-order valence-corrected chi connectivity index (χ1v) is 24.6. The van der Waals surface area contributed by atoms with Crippen LogP contribution < -0.4 is 25.2 Å². The predicted octanol–water partition coefficient (Wildman–Crippen LogP) is 5.89. The molecular formula is C49H48F3N9O7S. The molecule has 5 aliphatic rings. The largest absolute Gasteiger partial charge is 0.453 e. The van der Waals surface area contributed by atoms with Gasteiger partial charge in [-0.05, 0) is 130 Å². The summed E-state index contributed by atoms with van der Waals surface area (Å²) in [5.41, 5.74) is 2.05. The molecule has 6 heterocycles. The molecule has 16 nitrogen and oxygen atoms in total. The molecule has 1 aromatic heterocycles. The Kier molecular flexibility index (Phi) is 12.4. The number of amides is 3. The van der Waals surface area contributed by atoms with E-state index in [1.54, 1.807) is 18.2 Å². The van der Waals surface area contributed by atoms with E-state index in [-0.39, 0.29) is 84.8 Å². The Balaban J connectivity index is 0.738. The number of anilines is 2. The Hall–Kier alpha value is -6.82. The fourth-order valence-corrected chi connectivity index (χ4v) is 11.6. The third-order valence-corrected chi connectivity index (χ3v) is 15.7. The zero-order chi connectivity index (χ0) is 48.1. The SMILES string of the molecule is N#Cc1c(NS(=O)(=O)N2CC[C@@H](F)C2)ccc(F)c1Oc1ccc2ncn(-c3ccc(N4CCC(CN5CCC(c6ccc7c(c6F)CN(C6CCC(=O)NC6=O)C7=O)CC5)CC4)cc3)c(=O)c2c1. The Morgan fingerprint density at radius 2 is 1.62 bits per heavy atom. The highest BCUT2D eigenvalue weighted by Gasteiger charge is 2.41. The molecule has 0 saturated carbocycles. The summed E-state index contributed by atoms with van der Waals surface area (Å²) in [7, 11) is -4.25. The highest BCUT2D eigenvalue weighted by atomic mass is 32.2. The van der Waals surface area contributed by atoms with Crippen molar-refractivity contribution in [2.75, 3.05) is 55.4 Å². The lowest BCUT2D eigenvalue weighted by Gasteiger charge is -2.38. The van der Waals surface area contributed by atoms with E-state index < -0.39 is 51.0 Å². The first kappa shape index (κ1) is 45.9. The van der Waals surface area contributed by atoms with Crippen LogP contribution in [0.3, 0.4) is 0 Å². The minimum absolute atomic E-state index is 0.00501. The van der Waals surface area contributed by atoms with E-state index in [1.165, 1.54) is 34.0 Å². The van der Waals surface area contributed by atoms with Gasteiger partial charge < -0.3 is 19.4 Å². The molecule has 0 spiro atoms. The van der Waals surface area contributed by atoms with E-state index in [9.17, 15) is 37.2 Å². The number of hydrogen-bond acceptors (Lipinski definition) is 11. The van der Waals surface area contributed by atoms with E-state index in [4.69, 9.17) is 4.74 Å². The molecule has 4 fully saturated rings. The zero-order valence-corrected chi connectivity index (χ0v) is 38.2. The van der Waals surface area contributed by atoms with Crippen molar-refractivity contribution in [3.63, 3.8) is 0 Å². The van der Waals surface area contributed by atoms with Crippen LogP contribution in [0, 0.1) is 28.9 Å². The number of halogens is 3. The third kappa shape index (κ3) is 9.01. The second-order valence-corrected chi connectivity index (χ2v) is 20.0. The highest BCUT2D eigenvalue weighted by Crippen LogP contribution is 2.38. The van der Waals surface area contributed by atoms with Gasteiger partial charge in [-0.1, -0.05) is 6.07 Å². The molecule has 2 atom stereocenters. The first-order chi connectivity index (χ1) is 33.2. The minimum atomic E-state index is -4.25.